The van der Waals surface area contributed by atoms with E-state index in [0.29, 0.717) is 29.0 Å². The molecule has 1 unspecified atom stereocenters. The molecule has 0 radical (unpaired) electrons. The molecule has 0 aliphatic carbocycles. The lowest BCUT2D eigenvalue weighted by Crippen LogP contribution is -2.24. The number of hydrogen-bond donors (Lipinski definition) is 2. The number of anilines is 1. The molecule has 0 bridgehead atoms. The monoisotopic (exact) mass is 381 g/mol. The van der Waals surface area contributed by atoms with Gasteiger partial charge in [0.25, 0.3) is 0 Å². The van der Waals surface area contributed by atoms with Gasteiger partial charge < -0.3 is 10.6 Å². The third-order valence-electron chi connectivity index (χ3n) is 3.81. The van der Waals surface area contributed by atoms with Crippen LogP contribution in [0.4, 0.5) is 19.0 Å². The number of fused-ring (bicyclic) bond motifs is 1. The number of hydrogen-bond acceptors (Lipinski definition) is 5. The van der Waals surface area contributed by atoms with Crippen LogP contribution in [0.25, 0.3) is 11.0 Å². The molecular weight excluding hydrogens is 367 g/mol. The maximum Gasteiger partial charge on any atom is 0.417 e. The van der Waals surface area contributed by atoms with Crippen molar-refractivity contribution < 1.29 is 13.2 Å². The first-order chi connectivity index (χ1) is 12.4. The average Bonchev–Trinajstić information content (AvgIpc) is 2.61. The molecule has 0 saturated carbocycles. The summed E-state index contributed by atoms with van der Waals surface area (Å²) in [6, 6.07) is 6.92. The van der Waals surface area contributed by atoms with Gasteiger partial charge in [-0.15, -0.1) is 0 Å². The van der Waals surface area contributed by atoms with Crippen molar-refractivity contribution in [3.63, 3.8) is 0 Å². The third-order valence-corrected chi connectivity index (χ3v) is 4.14. The largest absolute Gasteiger partial charge is 0.417 e. The topological polar surface area (TPSA) is 62.7 Å². The lowest BCUT2D eigenvalue weighted by molar-refractivity contribution is -0.137. The molecule has 2 heterocycles. The summed E-state index contributed by atoms with van der Waals surface area (Å²) in [5.74, 6) is 0.444. The van der Waals surface area contributed by atoms with Crippen LogP contribution in [-0.2, 0) is 6.18 Å². The van der Waals surface area contributed by atoms with Crippen molar-refractivity contribution >= 4 is 28.5 Å². The smallest absolute Gasteiger partial charge is 0.360 e. The predicted octanol–water partition coefficient (Wildman–Crippen LogP) is 4.07. The van der Waals surface area contributed by atoms with Crippen molar-refractivity contribution in [2.75, 3.05) is 18.9 Å². The minimum absolute atomic E-state index is 0.335. The van der Waals surface area contributed by atoms with Crippen LogP contribution < -0.4 is 10.6 Å². The fraction of sp³-hybridized carbons (Fsp3) is 0.235. The SMILES string of the molecule is CNCC(Nc1ncnc2cccnc12)c1ccc(Cl)c(C(F)(F)F)c1. The van der Waals surface area contributed by atoms with Gasteiger partial charge in [-0.1, -0.05) is 17.7 Å². The van der Waals surface area contributed by atoms with Crippen molar-refractivity contribution in [3.05, 3.63) is 59.0 Å². The molecule has 1 atom stereocenters. The van der Waals surface area contributed by atoms with Gasteiger partial charge in [0.15, 0.2) is 5.82 Å². The Morgan fingerprint density at radius 2 is 1.96 bits per heavy atom. The molecule has 0 saturated heterocycles. The first-order valence-electron chi connectivity index (χ1n) is 7.73. The Morgan fingerprint density at radius 3 is 2.69 bits per heavy atom. The van der Waals surface area contributed by atoms with E-state index in [1.54, 1.807) is 31.4 Å². The second-order valence-corrected chi connectivity index (χ2v) is 5.99. The van der Waals surface area contributed by atoms with E-state index in [4.69, 9.17) is 11.6 Å². The highest BCUT2D eigenvalue weighted by Crippen LogP contribution is 2.36. The summed E-state index contributed by atoms with van der Waals surface area (Å²) >= 11 is 5.71. The quantitative estimate of drug-likeness (QED) is 0.697. The Balaban J connectivity index is 2.00. The zero-order chi connectivity index (χ0) is 18.7. The summed E-state index contributed by atoms with van der Waals surface area (Å²) < 4.78 is 39.5. The number of pyridine rings is 1. The Bertz CT molecular complexity index is 911. The molecule has 1 aromatic carbocycles. The van der Waals surface area contributed by atoms with Crippen molar-refractivity contribution in [2.24, 2.45) is 0 Å². The maximum atomic E-state index is 13.2. The van der Waals surface area contributed by atoms with E-state index in [0.717, 1.165) is 6.07 Å². The molecule has 0 fully saturated rings. The molecular formula is C17H15ClF3N5. The van der Waals surface area contributed by atoms with Crippen LogP contribution in [0.3, 0.4) is 0 Å². The summed E-state index contributed by atoms with van der Waals surface area (Å²) in [6.45, 7) is 0.372. The minimum Gasteiger partial charge on any atom is -0.360 e. The van der Waals surface area contributed by atoms with Gasteiger partial charge in [0.1, 0.15) is 11.8 Å². The van der Waals surface area contributed by atoms with Crippen molar-refractivity contribution in [1.29, 1.82) is 0 Å². The standard InChI is InChI=1S/C17H15ClF3N5/c1-22-8-14(10-4-5-12(18)11(7-10)17(19,20)21)26-16-15-13(24-9-25-16)3-2-6-23-15/h2-7,9,14,22H,8H2,1H3,(H,24,25,26). The van der Waals surface area contributed by atoms with E-state index >= 15 is 0 Å². The molecule has 0 aliphatic heterocycles. The van der Waals surface area contributed by atoms with Crippen LogP contribution in [0.2, 0.25) is 5.02 Å². The summed E-state index contributed by atoms with van der Waals surface area (Å²) in [6.07, 6.45) is -1.54. The van der Waals surface area contributed by atoms with Gasteiger partial charge in [0, 0.05) is 12.7 Å². The number of aromatic nitrogens is 3. The van der Waals surface area contributed by atoms with E-state index in [-0.39, 0.29) is 5.02 Å². The highest BCUT2D eigenvalue weighted by atomic mass is 35.5. The van der Waals surface area contributed by atoms with Crippen LogP contribution in [0.5, 0.6) is 0 Å². The Morgan fingerprint density at radius 1 is 1.15 bits per heavy atom. The van der Waals surface area contributed by atoms with Crippen LogP contribution in [0.1, 0.15) is 17.2 Å². The molecule has 9 heteroatoms. The van der Waals surface area contributed by atoms with E-state index in [9.17, 15) is 13.2 Å². The van der Waals surface area contributed by atoms with Gasteiger partial charge in [-0.2, -0.15) is 13.2 Å². The molecule has 3 rings (SSSR count). The van der Waals surface area contributed by atoms with Crippen LogP contribution in [-0.4, -0.2) is 28.5 Å². The van der Waals surface area contributed by atoms with Crippen LogP contribution in [0.15, 0.2) is 42.9 Å². The van der Waals surface area contributed by atoms with E-state index in [1.807, 2.05) is 0 Å². The number of nitrogens with one attached hydrogen (secondary N) is 2. The Labute approximate surface area is 152 Å². The molecule has 2 aromatic heterocycles. The number of benzene rings is 1. The normalized spacial score (nSPS) is 13.0. The zero-order valence-electron chi connectivity index (χ0n) is 13.7. The second-order valence-electron chi connectivity index (χ2n) is 5.59. The first-order valence-corrected chi connectivity index (χ1v) is 8.11. The Hall–Kier alpha value is -2.45. The average molecular weight is 382 g/mol. The van der Waals surface area contributed by atoms with Crippen molar-refractivity contribution in [2.45, 2.75) is 12.2 Å². The summed E-state index contributed by atoms with van der Waals surface area (Å²) in [5, 5.41) is 5.78. The van der Waals surface area contributed by atoms with Crippen LogP contribution in [0, 0.1) is 0 Å². The fourth-order valence-corrected chi connectivity index (χ4v) is 2.82. The summed E-state index contributed by atoms with van der Waals surface area (Å²) in [7, 11) is 1.71. The molecule has 5 nitrogen and oxygen atoms in total. The lowest BCUT2D eigenvalue weighted by Gasteiger charge is -2.21. The molecule has 0 amide bonds. The van der Waals surface area contributed by atoms with Crippen LogP contribution >= 0.6 is 11.6 Å². The third kappa shape index (κ3) is 3.86. The highest BCUT2D eigenvalue weighted by Gasteiger charge is 2.34. The number of halogens is 4. The molecule has 2 N–H and O–H groups in total. The summed E-state index contributed by atoms with van der Waals surface area (Å²) in [5.41, 5.74) is 0.741. The van der Waals surface area contributed by atoms with E-state index in [1.165, 1.54) is 12.4 Å². The minimum atomic E-state index is -4.53. The first kappa shape index (κ1) is 18.3. The van der Waals surface area contributed by atoms with Gasteiger partial charge in [-0.25, -0.2) is 9.97 Å². The van der Waals surface area contributed by atoms with E-state index < -0.39 is 17.8 Å². The zero-order valence-corrected chi connectivity index (χ0v) is 14.4. The maximum absolute atomic E-state index is 13.2. The molecule has 0 aliphatic rings. The lowest BCUT2D eigenvalue weighted by atomic mass is 10.0. The molecule has 26 heavy (non-hydrogen) atoms. The number of likely N-dealkylation sites (N-methyl/N-ethyl adjacent to an activating group) is 1. The Kier molecular flexibility index (Phi) is 5.24. The van der Waals surface area contributed by atoms with Crippen molar-refractivity contribution in [3.8, 4) is 0 Å². The van der Waals surface area contributed by atoms with Gasteiger partial charge >= 0.3 is 6.18 Å². The fourth-order valence-electron chi connectivity index (χ4n) is 2.60. The van der Waals surface area contributed by atoms with Gasteiger partial charge in [-0.05, 0) is 36.9 Å². The van der Waals surface area contributed by atoms with Gasteiger partial charge in [-0.3, -0.25) is 4.98 Å². The van der Waals surface area contributed by atoms with Gasteiger partial charge in [0.2, 0.25) is 0 Å². The molecule has 0 spiro atoms. The number of nitrogens with zero attached hydrogens (tertiary/aromatic N) is 3. The second kappa shape index (κ2) is 7.43. The number of rotatable bonds is 5. The predicted molar refractivity (Wildman–Crippen MR) is 94.1 cm³/mol. The molecule has 136 valence electrons. The number of alkyl halides is 3. The van der Waals surface area contributed by atoms with Gasteiger partial charge in [0.05, 0.1) is 22.1 Å². The highest BCUT2D eigenvalue weighted by molar-refractivity contribution is 6.31. The van der Waals surface area contributed by atoms with Crippen molar-refractivity contribution in [1.82, 2.24) is 20.3 Å². The molecule has 3 aromatic rings. The van der Waals surface area contributed by atoms with E-state index in [2.05, 4.69) is 25.6 Å². The summed E-state index contributed by atoms with van der Waals surface area (Å²) in [4.78, 5) is 12.6.